The van der Waals surface area contributed by atoms with E-state index < -0.39 is 0 Å². The highest BCUT2D eigenvalue weighted by atomic mass is 35.5. The molecule has 1 aliphatic carbocycles. The van der Waals surface area contributed by atoms with Gasteiger partial charge in [0.15, 0.2) is 11.5 Å². The van der Waals surface area contributed by atoms with E-state index in [2.05, 4.69) is 5.32 Å². The van der Waals surface area contributed by atoms with Gasteiger partial charge in [-0.1, -0.05) is 11.6 Å². The van der Waals surface area contributed by atoms with Crippen molar-refractivity contribution in [2.45, 2.75) is 31.2 Å². The maximum absolute atomic E-state index is 12.0. The first-order chi connectivity index (χ1) is 9.56. The number of carbonyl (C=O) groups excluding carboxylic acids is 1. The molecule has 20 heavy (non-hydrogen) atoms. The van der Waals surface area contributed by atoms with Gasteiger partial charge in [0.05, 0.1) is 10.7 Å². The molecular formula is C14H17ClN2O3. The minimum absolute atomic E-state index is 0.120. The zero-order valence-corrected chi connectivity index (χ0v) is 11.8. The van der Waals surface area contributed by atoms with Gasteiger partial charge < -0.3 is 20.5 Å². The summed E-state index contributed by atoms with van der Waals surface area (Å²) in [6.45, 7) is 0.999. The molecule has 3 rings (SSSR count). The van der Waals surface area contributed by atoms with Crippen molar-refractivity contribution in [3.05, 3.63) is 17.2 Å². The third kappa shape index (κ3) is 2.69. The molecule has 5 nitrogen and oxygen atoms in total. The van der Waals surface area contributed by atoms with Gasteiger partial charge in [0.2, 0.25) is 5.91 Å². The van der Waals surface area contributed by atoms with Gasteiger partial charge in [-0.3, -0.25) is 4.79 Å². The van der Waals surface area contributed by atoms with E-state index in [0.717, 1.165) is 19.3 Å². The van der Waals surface area contributed by atoms with Crippen LogP contribution in [0.5, 0.6) is 11.5 Å². The predicted molar refractivity (Wildman–Crippen MR) is 76.5 cm³/mol. The number of ether oxygens (including phenoxy) is 2. The summed E-state index contributed by atoms with van der Waals surface area (Å²) in [4.78, 5) is 12.0. The molecule has 0 radical (unpaired) electrons. The molecule has 0 aromatic heterocycles. The second-order valence-electron chi connectivity index (χ2n) is 5.42. The first-order valence-corrected chi connectivity index (χ1v) is 7.11. The molecule has 1 aromatic carbocycles. The fourth-order valence-corrected chi connectivity index (χ4v) is 2.68. The van der Waals surface area contributed by atoms with E-state index in [9.17, 15) is 4.79 Å². The van der Waals surface area contributed by atoms with Crippen molar-refractivity contribution in [3.63, 3.8) is 0 Å². The Balaban J connectivity index is 1.72. The quantitative estimate of drug-likeness (QED) is 0.898. The summed E-state index contributed by atoms with van der Waals surface area (Å²) in [6.07, 6.45) is 3.21. The van der Waals surface area contributed by atoms with Gasteiger partial charge in [0.25, 0.3) is 0 Å². The number of hydrogen-bond donors (Lipinski definition) is 2. The zero-order chi connectivity index (χ0) is 14.2. The first kappa shape index (κ1) is 13.5. The van der Waals surface area contributed by atoms with Gasteiger partial charge in [-0.05, 0) is 19.3 Å². The first-order valence-electron chi connectivity index (χ1n) is 6.74. The fourth-order valence-electron chi connectivity index (χ4n) is 2.48. The van der Waals surface area contributed by atoms with E-state index >= 15 is 0 Å². The highest BCUT2D eigenvalue weighted by Gasteiger charge is 2.34. The number of benzene rings is 1. The molecule has 0 spiro atoms. The number of nitrogens with one attached hydrogen (secondary N) is 1. The summed E-state index contributed by atoms with van der Waals surface area (Å²) in [5, 5.41) is 3.23. The Morgan fingerprint density at radius 2 is 1.95 bits per heavy atom. The minimum atomic E-state index is -0.343. The van der Waals surface area contributed by atoms with Crippen LogP contribution in [0, 0.1) is 0 Å². The molecule has 6 heteroatoms. The molecule has 1 saturated carbocycles. The molecule has 1 amide bonds. The van der Waals surface area contributed by atoms with Crippen molar-refractivity contribution in [1.82, 2.24) is 0 Å². The molecule has 1 heterocycles. The average molecular weight is 297 g/mol. The smallest absolute Gasteiger partial charge is 0.226 e. The van der Waals surface area contributed by atoms with Crippen molar-refractivity contribution in [1.29, 1.82) is 0 Å². The third-order valence-electron chi connectivity index (χ3n) is 3.77. The van der Waals surface area contributed by atoms with E-state index in [1.165, 1.54) is 0 Å². The summed E-state index contributed by atoms with van der Waals surface area (Å²) in [5.74, 6) is 1.08. The maximum atomic E-state index is 12.0. The predicted octanol–water partition coefficient (Wildman–Crippen LogP) is 2.32. The Labute approximate surface area is 122 Å². The van der Waals surface area contributed by atoms with Gasteiger partial charge in [-0.15, -0.1) is 0 Å². The van der Waals surface area contributed by atoms with E-state index in [-0.39, 0.29) is 11.4 Å². The molecule has 2 aliphatic rings. The van der Waals surface area contributed by atoms with Gasteiger partial charge in [-0.2, -0.15) is 0 Å². The van der Waals surface area contributed by atoms with Crippen molar-refractivity contribution in [2.75, 3.05) is 18.5 Å². The lowest BCUT2D eigenvalue weighted by Gasteiger charge is -2.37. The summed E-state index contributed by atoms with van der Waals surface area (Å²) < 4.78 is 10.9. The maximum Gasteiger partial charge on any atom is 0.226 e. The van der Waals surface area contributed by atoms with Crippen LogP contribution in [0.15, 0.2) is 12.1 Å². The normalized spacial score (nSPS) is 19.1. The van der Waals surface area contributed by atoms with Crippen LogP contribution in [0.1, 0.15) is 25.7 Å². The van der Waals surface area contributed by atoms with Gasteiger partial charge in [-0.25, -0.2) is 0 Å². The molecule has 1 fully saturated rings. The van der Waals surface area contributed by atoms with Crippen LogP contribution in [0.2, 0.25) is 5.02 Å². The van der Waals surface area contributed by atoms with Crippen LogP contribution >= 0.6 is 11.6 Å². The number of hydrogen-bond acceptors (Lipinski definition) is 4. The van der Waals surface area contributed by atoms with Crippen LogP contribution in [0.25, 0.3) is 0 Å². The Kier molecular flexibility index (Phi) is 3.48. The van der Waals surface area contributed by atoms with Crippen molar-refractivity contribution < 1.29 is 14.3 Å². The lowest BCUT2D eigenvalue weighted by atomic mass is 9.75. The number of nitrogens with two attached hydrogens (primary N) is 1. The van der Waals surface area contributed by atoms with Crippen molar-refractivity contribution in [3.8, 4) is 11.5 Å². The molecule has 0 unspecified atom stereocenters. The lowest BCUT2D eigenvalue weighted by molar-refractivity contribution is -0.118. The van der Waals surface area contributed by atoms with Gasteiger partial charge >= 0.3 is 0 Å². The lowest BCUT2D eigenvalue weighted by Crippen LogP contribution is -2.48. The Hall–Kier alpha value is -1.46. The molecule has 0 saturated heterocycles. The largest absolute Gasteiger partial charge is 0.486 e. The summed E-state index contributed by atoms with van der Waals surface area (Å²) in [5.41, 5.74) is 6.26. The molecule has 0 atom stereocenters. The van der Waals surface area contributed by atoms with Crippen LogP contribution in [0.3, 0.4) is 0 Å². The molecular weight excluding hydrogens is 280 g/mol. The van der Waals surface area contributed by atoms with Crippen LogP contribution in [-0.2, 0) is 4.79 Å². The van der Waals surface area contributed by atoms with Crippen molar-refractivity contribution in [2.24, 2.45) is 5.73 Å². The van der Waals surface area contributed by atoms with E-state index in [1.807, 2.05) is 0 Å². The Morgan fingerprint density at radius 1 is 1.30 bits per heavy atom. The SMILES string of the molecule is NC1(CC(=O)Nc2cc3c(cc2Cl)OCCO3)CCC1. The molecule has 108 valence electrons. The summed E-state index contributed by atoms with van der Waals surface area (Å²) in [6, 6.07) is 3.35. The van der Waals surface area contributed by atoms with E-state index in [4.69, 9.17) is 26.8 Å². The highest BCUT2D eigenvalue weighted by molar-refractivity contribution is 6.34. The van der Waals surface area contributed by atoms with E-state index in [0.29, 0.717) is 41.8 Å². The van der Waals surface area contributed by atoms with Gasteiger partial charge in [0.1, 0.15) is 13.2 Å². The zero-order valence-electron chi connectivity index (χ0n) is 11.1. The standard InChI is InChI=1S/C14H17ClN2O3/c15-9-6-11-12(20-5-4-19-11)7-10(9)17-13(18)8-14(16)2-1-3-14/h6-7H,1-5,8,16H2,(H,17,18). The molecule has 1 aromatic rings. The Morgan fingerprint density at radius 3 is 2.55 bits per heavy atom. The fraction of sp³-hybridized carbons (Fsp3) is 0.500. The Bertz CT molecular complexity index is 543. The minimum Gasteiger partial charge on any atom is -0.486 e. The number of fused-ring (bicyclic) bond motifs is 1. The number of halogens is 1. The van der Waals surface area contributed by atoms with Crippen LogP contribution < -0.4 is 20.5 Å². The summed E-state index contributed by atoms with van der Waals surface area (Å²) in [7, 11) is 0. The number of amides is 1. The monoisotopic (exact) mass is 296 g/mol. The molecule has 1 aliphatic heterocycles. The highest BCUT2D eigenvalue weighted by Crippen LogP contribution is 2.38. The van der Waals surface area contributed by atoms with Gasteiger partial charge in [0, 0.05) is 24.1 Å². The number of carbonyl (C=O) groups is 1. The number of anilines is 1. The van der Waals surface area contributed by atoms with Crippen molar-refractivity contribution >= 4 is 23.2 Å². The molecule has 0 bridgehead atoms. The second-order valence-corrected chi connectivity index (χ2v) is 5.82. The van der Waals surface area contributed by atoms with Crippen LogP contribution in [0.4, 0.5) is 5.69 Å². The average Bonchev–Trinajstić information content (AvgIpc) is 2.37. The molecule has 3 N–H and O–H groups in total. The van der Waals surface area contributed by atoms with E-state index in [1.54, 1.807) is 12.1 Å². The van der Waals surface area contributed by atoms with Crippen LogP contribution in [-0.4, -0.2) is 24.7 Å². The summed E-state index contributed by atoms with van der Waals surface area (Å²) >= 11 is 6.14. The topological polar surface area (TPSA) is 73.6 Å². The number of rotatable bonds is 3. The second kappa shape index (κ2) is 5.14. The third-order valence-corrected chi connectivity index (χ3v) is 4.08.